The normalized spacial score (nSPS) is 15.1. The molecule has 5 nitrogen and oxygen atoms in total. The third kappa shape index (κ3) is 10.8. The Morgan fingerprint density at radius 3 is 1.90 bits per heavy atom. The molecule has 1 heterocycles. The van der Waals surface area contributed by atoms with Crippen molar-refractivity contribution in [3.63, 3.8) is 0 Å². The molecule has 0 aliphatic carbocycles. The molecule has 20 heavy (non-hydrogen) atoms. The molecule has 120 valence electrons. The van der Waals surface area contributed by atoms with Crippen LogP contribution in [-0.4, -0.2) is 49.9 Å². The number of nitrogens with one attached hydrogen (secondary N) is 2. The molecule has 0 aromatic heterocycles. The summed E-state index contributed by atoms with van der Waals surface area (Å²) >= 11 is 0. The molecule has 1 aliphatic rings. The van der Waals surface area contributed by atoms with Crippen molar-refractivity contribution in [3.05, 3.63) is 0 Å². The van der Waals surface area contributed by atoms with Gasteiger partial charge in [0.2, 0.25) is 11.8 Å². The summed E-state index contributed by atoms with van der Waals surface area (Å²) in [4.78, 5) is 24.7. The van der Waals surface area contributed by atoms with Gasteiger partial charge < -0.3 is 15.5 Å². The molecule has 0 aromatic rings. The van der Waals surface area contributed by atoms with Crippen molar-refractivity contribution in [1.82, 2.24) is 15.5 Å². The van der Waals surface area contributed by atoms with Gasteiger partial charge in [0.05, 0.1) is 0 Å². The van der Waals surface area contributed by atoms with Crippen molar-refractivity contribution < 1.29 is 9.59 Å². The van der Waals surface area contributed by atoms with Gasteiger partial charge in [-0.15, -0.1) is 0 Å². The summed E-state index contributed by atoms with van der Waals surface area (Å²) in [6.45, 7) is 10.1. The maximum atomic E-state index is 11.5. The average Bonchev–Trinajstić information content (AvgIpc) is 2.51. The van der Waals surface area contributed by atoms with Crippen LogP contribution >= 0.6 is 0 Å². The Morgan fingerprint density at radius 1 is 1.00 bits per heavy atom. The number of nitrogens with zero attached hydrogens (tertiary/aromatic N) is 1. The quantitative estimate of drug-likeness (QED) is 0.828. The Morgan fingerprint density at radius 2 is 1.45 bits per heavy atom. The van der Waals surface area contributed by atoms with Crippen LogP contribution in [-0.2, 0) is 9.59 Å². The Bertz CT molecular complexity index is 250. The highest BCUT2D eigenvalue weighted by molar-refractivity contribution is 5.83. The van der Waals surface area contributed by atoms with Crippen LogP contribution in [0.4, 0.5) is 0 Å². The van der Waals surface area contributed by atoms with Gasteiger partial charge >= 0.3 is 0 Å². The van der Waals surface area contributed by atoms with E-state index in [1.165, 1.54) is 0 Å². The molecular weight excluding hydrogens is 254 g/mol. The van der Waals surface area contributed by atoms with Crippen molar-refractivity contribution in [2.75, 3.05) is 27.2 Å². The lowest BCUT2D eigenvalue weighted by Crippen LogP contribution is -2.43. The summed E-state index contributed by atoms with van der Waals surface area (Å²) in [6, 6.07) is 0.286. The summed E-state index contributed by atoms with van der Waals surface area (Å²) in [5.41, 5.74) is 0. The Labute approximate surface area is 124 Å². The van der Waals surface area contributed by atoms with Crippen LogP contribution in [0.15, 0.2) is 0 Å². The lowest BCUT2D eigenvalue weighted by atomic mass is 10.1. The van der Waals surface area contributed by atoms with E-state index in [1.807, 2.05) is 27.7 Å². The fraction of sp³-hybridized carbons (Fsp3) is 0.867. The first-order chi connectivity index (χ1) is 9.61. The minimum absolute atomic E-state index is 0.0156. The van der Waals surface area contributed by atoms with Crippen molar-refractivity contribution in [2.45, 2.75) is 59.4 Å². The molecule has 1 saturated heterocycles. The predicted molar refractivity (Wildman–Crippen MR) is 84.7 cm³/mol. The molecule has 5 heteroatoms. The monoisotopic (exact) mass is 287 g/mol. The number of hydrogen-bond acceptors (Lipinski definition) is 3. The second-order valence-electron chi connectivity index (χ2n) is 4.32. The predicted octanol–water partition coefficient (Wildman–Crippen LogP) is 1.78. The third-order valence-corrected chi connectivity index (χ3v) is 2.94. The highest BCUT2D eigenvalue weighted by Crippen LogP contribution is 2.08. The van der Waals surface area contributed by atoms with Crippen molar-refractivity contribution in [2.24, 2.45) is 0 Å². The first-order valence-electron chi connectivity index (χ1n) is 7.80. The molecule has 0 unspecified atom stereocenters. The van der Waals surface area contributed by atoms with E-state index in [9.17, 15) is 9.59 Å². The number of hydrogen-bond donors (Lipinski definition) is 2. The minimum atomic E-state index is -0.0847. The second kappa shape index (κ2) is 14.3. The molecule has 0 bridgehead atoms. The SMILES string of the molecule is CC.CC.CNC(=O)CCC(=O)NC1CCN(C)CC1. The van der Waals surface area contributed by atoms with Crippen LogP contribution in [0.5, 0.6) is 0 Å². The Kier molecular flexibility index (Phi) is 15.2. The van der Waals surface area contributed by atoms with Crippen LogP contribution in [0, 0.1) is 0 Å². The Balaban J connectivity index is 0. The molecule has 1 fully saturated rings. The van der Waals surface area contributed by atoms with Crippen LogP contribution in [0.3, 0.4) is 0 Å². The van der Waals surface area contributed by atoms with E-state index in [-0.39, 0.29) is 30.7 Å². The first kappa shape index (κ1) is 21.2. The van der Waals surface area contributed by atoms with Gasteiger partial charge in [-0.05, 0) is 33.0 Å². The maximum Gasteiger partial charge on any atom is 0.220 e. The average molecular weight is 287 g/mol. The summed E-state index contributed by atoms with van der Waals surface area (Å²) in [6.07, 6.45) is 2.56. The van der Waals surface area contributed by atoms with Crippen LogP contribution < -0.4 is 10.6 Å². The van der Waals surface area contributed by atoms with Gasteiger partial charge in [-0.3, -0.25) is 9.59 Å². The zero-order chi connectivity index (χ0) is 16.0. The van der Waals surface area contributed by atoms with E-state index in [0.29, 0.717) is 0 Å². The minimum Gasteiger partial charge on any atom is -0.359 e. The molecule has 0 radical (unpaired) electrons. The fourth-order valence-corrected chi connectivity index (χ4v) is 1.80. The largest absolute Gasteiger partial charge is 0.359 e. The summed E-state index contributed by atoms with van der Waals surface area (Å²) in [5, 5.41) is 5.48. The highest BCUT2D eigenvalue weighted by Gasteiger charge is 2.18. The van der Waals surface area contributed by atoms with Crippen LogP contribution in [0.2, 0.25) is 0 Å². The lowest BCUT2D eigenvalue weighted by Gasteiger charge is -2.29. The van der Waals surface area contributed by atoms with Gasteiger partial charge in [-0.1, -0.05) is 27.7 Å². The van der Waals surface area contributed by atoms with E-state index < -0.39 is 0 Å². The van der Waals surface area contributed by atoms with Crippen molar-refractivity contribution in [1.29, 1.82) is 0 Å². The number of rotatable bonds is 4. The third-order valence-electron chi connectivity index (χ3n) is 2.94. The summed E-state index contributed by atoms with van der Waals surface area (Å²) < 4.78 is 0. The molecule has 1 rings (SSSR count). The van der Waals surface area contributed by atoms with E-state index in [0.717, 1.165) is 25.9 Å². The standard InChI is InChI=1S/C11H21N3O2.2C2H6/c1-12-10(15)3-4-11(16)13-9-5-7-14(2)8-6-9;2*1-2/h9H,3-8H2,1-2H3,(H,12,15)(H,13,16);2*1-2H3. The van der Waals surface area contributed by atoms with E-state index >= 15 is 0 Å². The molecule has 0 aromatic carbocycles. The molecule has 2 amide bonds. The first-order valence-corrected chi connectivity index (χ1v) is 7.80. The topological polar surface area (TPSA) is 61.4 Å². The zero-order valence-electron chi connectivity index (χ0n) is 14.1. The molecule has 2 N–H and O–H groups in total. The van der Waals surface area contributed by atoms with Gasteiger partial charge in [0.15, 0.2) is 0 Å². The van der Waals surface area contributed by atoms with Gasteiger partial charge in [0.25, 0.3) is 0 Å². The highest BCUT2D eigenvalue weighted by atomic mass is 16.2. The molecule has 0 saturated carbocycles. The fourth-order valence-electron chi connectivity index (χ4n) is 1.80. The molecule has 0 spiro atoms. The Hall–Kier alpha value is -1.10. The number of carbonyl (C=O) groups is 2. The van der Waals surface area contributed by atoms with Gasteiger partial charge in [0.1, 0.15) is 0 Å². The van der Waals surface area contributed by atoms with Gasteiger partial charge in [0, 0.05) is 25.9 Å². The van der Waals surface area contributed by atoms with Gasteiger partial charge in [-0.25, -0.2) is 0 Å². The zero-order valence-corrected chi connectivity index (χ0v) is 14.1. The van der Waals surface area contributed by atoms with E-state index in [2.05, 4.69) is 22.6 Å². The smallest absolute Gasteiger partial charge is 0.220 e. The molecule has 0 atom stereocenters. The number of piperidine rings is 1. The van der Waals surface area contributed by atoms with E-state index in [4.69, 9.17) is 0 Å². The maximum absolute atomic E-state index is 11.5. The molecular formula is C15H33N3O2. The number of likely N-dealkylation sites (tertiary alicyclic amines) is 1. The lowest BCUT2D eigenvalue weighted by molar-refractivity contribution is -0.126. The molecule has 1 aliphatic heterocycles. The van der Waals surface area contributed by atoms with Crippen molar-refractivity contribution in [3.8, 4) is 0 Å². The summed E-state index contributed by atoms with van der Waals surface area (Å²) in [5.74, 6) is -0.100. The second-order valence-corrected chi connectivity index (χ2v) is 4.32. The number of carbonyl (C=O) groups excluding carboxylic acids is 2. The van der Waals surface area contributed by atoms with Gasteiger partial charge in [-0.2, -0.15) is 0 Å². The summed E-state index contributed by atoms with van der Waals surface area (Å²) in [7, 11) is 3.67. The van der Waals surface area contributed by atoms with E-state index in [1.54, 1.807) is 7.05 Å². The number of amides is 2. The van der Waals surface area contributed by atoms with Crippen LogP contribution in [0.25, 0.3) is 0 Å². The van der Waals surface area contributed by atoms with Crippen LogP contribution in [0.1, 0.15) is 53.4 Å². The van der Waals surface area contributed by atoms with Crippen molar-refractivity contribution >= 4 is 11.8 Å².